The van der Waals surface area contributed by atoms with Crippen molar-refractivity contribution in [2.75, 3.05) is 12.4 Å². The average Bonchev–Trinajstić information content (AvgIpc) is 2.45. The second-order valence-electron chi connectivity index (χ2n) is 4.20. The van der Waals surface area contributed by atoms with Crippen LogP contribution < -0.4 is 10.1 Å². The number of anilines is 1. The molecule has 4 heteroatoms. The summed E-state index contributed by atoms with van der Waals surface area (Å²) in [7, 11) is 1.66. The molecule has 1 N–H and O–H groups in total. The highest BCUT2D eigenvalue weighted by Gasteiger charge is 2.00. The summed E-state index contributed by atoms with van der Waals surface area (Å²) in [4.78, 5) is 3.94. The van der Waals surface area contributed by atoms with Crippen molar-refractivity contribution in [3.05, 3.63) is 53.3 Å². The lowest BCUT2D eigenvalue weighted by molar-refractivity contribution is 0.412. The number of ether oxygens (including phenoxy) is 1. The molecular formula is C15H15N3O. The van der Waals surface area contributed by atoms with Gasteiger partial charge in [0.15, 0.2) is 0 Å². The molecule has 0 spiro atoms. The maximum atomic E-state index is 8.79. The van der Waals surface area contributed by atoms with Crippen LogP contribution >= 0.6 is 0 Å². The van der Waals surface area contributed by atoms with Crippen LogP contribution in [-0.2, 0) is 6.54 Å². The summed E-state index contributed by atoms with van der Waals surface area (Å²) in [5, 5.41) is 12.1. The number of hydrogen-bond donors (Lipinski definition) is 1. The fraction of sp³-hybridized carbons (Fsp3) is 0.200. The van der Waals surface area contributed by atoms with E-state index in [1.165, 1.54) is 0 Å². The van der Waals surface area contributed by atoms with Gasteiger partial charge in [0.05, 0.1) is 7.11 Å². The Kier molecular flexibility index (Phi) is 3.99. The van der Waals surface area contributed by atoms with E-state index in [0.29, 0.717) is 12.2 Å². The third kappa shape index (κ3) is 3.23. The van der Waals surface area contributed by atoms with Crippen LogP contribution in [-0.4, -0.2) is 12.1 Å². The molecule has 1 heterocycles. The van der Waals surface area contributed by atoms with E-state index >= 15 is 0 Å². The second kappa shape index (κ2) is 5.87. The third-order valence-corrected chi connectivity index (χ3v) is 2.83. The second-order valence-corrected chi connectivity index (χ2v) is 4.20. The summed E-state index contributed by atoms with van der Waals surface area (Å²) >= 11 is 0. The topological polar surface area (TPSA) is 57.9 Å². The first-order valence-corrected chi connectivity index (χ1v) is 5.96. The van der Waals surface area contributed by atoms with Crippen LogP contribution in [0.2, 0.25) is 0 Å². The van der Waals surface area contributed by atoms with Crippen LogP contribution in [0.15, 0.2) is 36.5 Å². The number of hydrogen-bond acceptors (Lipinski definition) is 4. The van der Waals surface area contributed by atoms with Crippen LogP contribution in [0.25, 0.3) is 0 Å². The van der Waals surface area contributed by atoms with Gasteiger partial charge in [-0.25, -0.2) is 4.98 Å². The molecule has 0 aliphatic heterocycles. The van der Waals surface area contributed by atoms with E-state index in [-0.39, 0.29) is 0 Å². The number of pyridine rings is 1. The maximum absolute atomic E-state index is 8.79. The molecule has 0 amide bonds. The standard InChI is InChI=1S/C15H15N3O/c1-11-7-13(3-4-15(11)19-2)18-10-12-5-6-17-14(8-12)9-16/h3-8,18H,10H2,1-2H3. The molecule has 19 heavy (non-hydrogen) atoms. The molecular weight excluding hydrogens is 238 g/mol. The largest absolute Gasteiger partial charge is 0.496 e. The summed E-state index contributed by atoms with van der Waals surface area (Å²) in [5.41, 5.74) is 3.57. The Morgan fingerprint density at radius 2 is 2.16 bits per heavy atom. The SMILES string of the molecule is COc1ccc(NCc2ccnc(C#N)c2)cc1C. The summed E-state index contributed by atoms with van der Waals surface area (Å²) < 4.78 is 5.22. The van der Waals surface area contributed by atoms with E-state index in [1.54, 1.807) is 19.4 Å². The Bertz CT molecular complexity index is 617. The first kappa shape index (κ1) is 12.9. The number of aryl methyl sites for hydroxylation is 1. The lowest BCUT2D eigenvalue weighted by Gasteiger charge is -2.10. The summed E-state index contributed by atoms with van der Waals surface area (Å²) in [6.07, 6.45) is 1.65. The Labute approximate surface area is 112 Å². The van der Waals surface area contributed by atoms with Crippen molar-refractivity contribution < 1.29 is 4.74 Å². The van der Waals surface area contributed by atoms with Crippen LogP contribution in [0.4, 0.5) is 5.69 Å². The molecule has 0 saturated heterocycles. The number of methoxy groups -OCH3 is 1. The molecule has 0 fully saturated rings. The predicted molar refractivity (Wildman–Crippen MR) is 74.0 cm³/mol. The van der Waals surface area contributed by atoms with E-state index in [2.05, 4.69) is 10.3 Å². The van der Waals surface area contributed by atoms with Gasteiger partial charge in [-0.2, -0.15) is 5.26 Å². The van der Waals surface area contributed by atoms with Gasteiger partial charge in [-0.3, -0.25) is 0 Å². The minimum atomic E-state index is 0.435. The number of nitrogens with one attached hydrogen (secondary N) is 1. The van der Waals surface area contributed by atoms with Crippen molar-refractivity contribution in [2.24, 2.45) is 0 Å². The van der Waals surface area contributed by atoms with Gasteiger partial charge in [0.1, 0.15) is 17.5 Å². The van der Waals surface area contributed by atoms with E-state index in [9.17, 15) is 0 Å². The Hall–Kier alpha value is -2.54. The average molecular weight is 253 g/mol. The van der Waals surface area contributed by atoms with Crippen LogP contribution in [0.1, 0.15) is 16.8 Å². The molecule has 0 aliphatic carbocycles. The molecule has 0 saturated carbocycles. The zero-order valence-electron chi connectivity index (χ0n) is 11.0. The minimum absolute atomic E-state index is 0.435. The van der Waals surface area contributed by atoms with E-state index in [0.717, 1.165) is 22.6 Å². The molecule has 2 aromatic rings. The minimum Gasteiger partial charge on any atom is -0.496 e. The lowest BCUT2D eigenvalue weighted by Crippen LogP contribution is -2.01. The van der Waals surface area contributed by atoms with Crippen LogP contribution in [0, 0.1) is 18.3 Å². The van der Waals surface area contributed by atoms with Crippen molar-refractivity contribution in [1.29, 1.82) is 5.26 Å². The monoisotopic (exact) mass is 253 g/mol. The smallest absolute Gasteiger partial charge is 0.140 e. The van der Waals surface area contributed by atoms with Crippen molar-refractivity contribution in [1.82, 2.24) is 4.98 Å². The van der Waals surface area contributed by atoms with Crippen molar-refractivity contribution in [3.8, 4) is 11.8 Å². The highest BCUT2D eigenvalue weighted by atomic mass is 16.5. The fourth-order valence-electron chi connectivity index (χ4n) is 1.84. The van der Waals surface area contributed by atoms with Gasteiger partial charge in [-0.05, 0) is 48.4 Å². The molecule has 0 atom stereocenters. The van der Waals surface area contributed by atoms with Gasteiger partial charge in [0, 0.05) is 18.4 Å². The molecule has 1 aromatic carbocycles. The van der Waals surface area contributed by atoms with Crippen molar-refractivity contribution >= 4 is 5.69 Å². The van der Waals surface area contributed by atoms with Gasteiger partial charge >= 0.3 is 0 Å². The number of rotatable bonds is 4. The Balaban J connectivity index is 2.06. The maximum Gasteiger partial charge on any atom is 0.140 e. The molecule has 1 aromatic heterocycles. The van der Waals surface area contributed by atoms with Crippen molar-refractivity contribution in [2.45, 2.75) is 13.5 Å². The highest BCUT2D eigenvalue weighted by molar-refractivity contribution is 5.51. The van der Waals surface area contributed by atoms with E-state index < -0.39 is 0 Å². The molecule has 0 radical (unpaired) electrons. The van der Waals surface area contributed by atoms with Crippen molar-refractivity contribution in [3.63, 3.8) is 0 Å². The van der Waals surface area contributed by atoms with Crippen LogP contribution in [0.3, 0.4) is 0 Å². The number of nitrogens with zero attached hydrogens (tertiary/aromatic N) is 2. The Morgan fingerprint density at radius 1 is 1.32 bits per heavy atom. The molecule has 0 aliphatic rings. The highest BCUT2D eigenvalue weighted by Crippen LogP contribution is 2.21. The number of aromatic nitrogens is 1. The van der Waals surface area contributed by atoms with Gasteiger partial charge in [0.25, 0.3) is 0 Å². The van der Waals surface area contributed by atoms with Gasteiger partial charge in [-0.1, -0.05) is 0 Å². The zero-order valence-corrected chi connectivity index (χ0v) is 11.0. The molecule has 2 rings (SSSR count). The Morgan fingerprint density at radius 3 is 2.84 bits per heavy atom. The first-order valence-electron chi connectivity index (χ1n) is 5.96. The van der Waals surface area contributed by atoms with Gasteiger partial charge in [0.2, 0.25) is 0 Å². The molecule has 0 bridgehead atoms. The molecule has 0 unspecified atom stereocenters. The quantitative estimate of drug-likeness (QED) is 0.910. The zero-order chi connectivity index (χ0) is 13.7. The van der Waals surface area contributed by atoms with Gasteiger partial charge in [-0.15, -0.1) is 0 Å². The van der Waals surface area contributed by atoms with E-state index in [1.807, 2.05) is 37.3 Å². The molecule has 4 nitrogen and oxygen atoms in total. The summed E-state index contributed by atoms with van der Waals surface area (Å²) in [6.45, 7) is 2.66. The third-order valence-electron chi connectivity index (χ3n) is 2.83. The first-order chi connectivity index (χ1) is 9.22. The normalized spacial score (nSPS) is 9.74. The van der Waals surface area contributed by atoms with E-state index in [4.69, 9.17) is 10.00 Å². The predicted octanol–water partition coefficient (Wildman–Crippen LogP) is 2.88. The van der Waals surface area contributed by atoms with Crippen LogP contribution in [0.5, 0.6) is 5.75 Å². The number of benzene rings is 1. The lowest BCUT2D eigenvalue weighted by atomic mass is 10.2. The van der Waals surface area contributed by atoms with Gasteiger partial charge < -0.3 is 10.1 Å². The molecule has 96 valence electrons. The number of nitriles is 1. The summed E-state index contributed by atoms with van der Waals surface area (Å²) in [6, 6.07) is 11.6. The summed E-state index contributed by atoms with van der Waals surface area (Å²) in [5.74, 6) is 0.876. The fourth-order valence-corrected chi connectivity index (χ4v) is 1.84.